The summed E-state index contributed by atoms with van der Waals surface area (Å²) < 4.78 is 5.77. The van der Waals surface area contributed by atoms with Gasteiger partial charge in [-0.25, -0.2) is 0 Å². The van der Waals surface area contributed by atoms with Crippen LogP contribution in [0.4, 0.5) is 0 Å². The van der Waals surface area contributed by atoms with Gasteiger partial charge in [-0.05, 0) is 44.6 Å². The summed E-state index contributed by atoms with van der Waals surface area (Å²) in [5.41, 5.74) is 0.511. The molecule has 1 aromatic carbocycles. The molecule has 0 aromatic heterocycles. The van der Waals surface area contributed by atoms with Crippen LogP contribution in [-0.2, 0) is 25.5 Å². The number of benzene rings is 1. The second-order valence-corrected chi connectivity index (χ2v) is 9.47. The van der Waals surface area contributed by atoms with E-state index in [-0.39, 0.29) is 49.4 Å². The van der Waals surface area contributed by atoms with Crippen molar-refractivity contribution in [1.82, 2.24) is 10.6 Å². The van der Waals surface area contributed by atoms with Gasteiger partial charge < -0.3 is 20.5 Å². The molecule has 1 heterocycles. The van der Waals surface area contributed by atoms with Gasteiger partial charge in [0.2, 0.25) is 11.8 Å². The Morgan fingerprint density at radius 1 is 1.15 bits per heavy atom. The number of carbonyl (C=O) groups is 3. The monoisotopic (exact) mass is 456 g/mol. The van der Waals surface area contributed by atoms with Crippen LogP contribution in [0, 0.1) is 11.8 Å². The molecule has 1 aromatic rings. The van der Waals surface area contributed by atoms with E-state index in [1.165, 1.54) is 0 Å². The number of carbonyl (C=O) groups excluding carboxylic acids is 3. The fraction of sp³-hybridized carbons (Fsp3) is 0.577. The summed E-state index contributed by atoms with van der Waals surface area (Å²) in [6.07, 6.45) is 8.81. The highest BCUT2D eigenvalue weighted by Crippen LogP contribution is 2.31. The van der Waals surface area contributed by atoms with Gasteiger partial charge in [0.25, 0.3) is 0 Å². The van der Waals surface area contributed by atoms with Crippen molar-refractivity contribution in [3.05, 3.63) is 48.0 Å². The number of aliphatic hydroxyl groups excluding tert-OH is 1. The minimum absolute atomic E-state index is 0.0455. The standard InChI is InChI=1S/C26H36N2O5/c1-19(17-29)27-23(30)16-21-11-5-6-12-22(15-20-9-3-2-4-10-20)25(32)33-18-26(28-24(21)31)13-7-8-14-26/h2-6,9-10,19,21-22,29H,7-8,11-18H2,1H3,(H,27,30)(H,28,31)/t19-,21+,22+/m0/s1. The molecule has 0 radical (unpaired) electrons. The molecule has 180 valence electrons. The number of nitrogens with one attached hydrogen (secondary N) is 2. The van der Waals surface area contributed by atoms with E-state index < -0.39 is 11.5 Å². The molecule has 2 amide bonds. The van der Waals surface area contributed by atoms with Gasteiger partial charge in [0.15, 0.2) is 0 Å². The quantitative estimate of drug-likeness (QED) is 0.451. The largest absolute Gasteiger partial charge is 0.463 e. The molecule has 1 aliphatic heterocycles. The third-order valence-electron chi connectivity index (χ3n) is 6.59. The van der Waals surface area contributed by atoms with Gasteiger partial charge in [-0.1, -0.05) is 55.3 Å². The lowest BCUT2D eigenvalue weighted by Gasteiger charge is -2.32. The molecule has 1 aliphatic carbocycles. The van der Waals surface area contributed by atoms with E-state index in [2.05, 4.69) is 10.6 Å². The molecule has 1 saturated carbocycles. The van der Waals surface area contributed by atoms with E-state index in [0.717, 1.165) is 31.2 Å². The Morgan fingerprint density at radius 3 is 2.48 bits per heavy atom. The second-order valence-electron chi connectivity index (χ2n) is 9.47. The first-order chi connectivity index (χ1) is 15.9. The van der Waals surface area contributed by atoms with E-state index in [1.54, 1.807) is 6.92 Å². The predicted octanol–water partition coefficient (Wildman–Crippen LogP) is 2.67. The highest BCUT2D eigenvalue weighted by molar-refractivity contribution is 5.86. The molecule has 3 atom stereocenters. The lowest BCUT2D eigenvalue weighted by molar-refractivity contribution is -0.152. The Kier molecular flexibility index (Phi) is 9.06. The third-order valence-corrected chi connectivity index (χ3v) is 6.59. The minimum atomic E-state index is -0.569. The summed E-state index contributed by atoms with van der Waals surface area (Å²) in [6.45, 7) is 1.72. The molecule has 7 heteroatoms. The lowest BCUT2D eigenvalue weighted by Crippen LogP contribution is -2.53. The Labute approximate surface area is 196 Å². The van der Waals surface area contributed by atoms with Crippen LogP contribution in [0.1, 0.15) is 57.4 Å². The fourth-order valence-corrected chi connectivity index (χ4v) is 4.62. The highest BCUT2D eigenvalue weighted by atomic mass is 16.5. The number of hydrogen-bond donors (Lipinski definition) is 3. The maximum Gasteiger partial charge on any atom is 0.309 e. The van der Waals surface area contributed by atoms with Crippen LogP contribution < -0.4 is 10.6 Å². The van der Waals surface area contributed by atoms with Gasteiger partial charge in [-0.15, -0.1) is 0 Å². The number of rotatable bonds is 6. The minimum Gasteiger partial charge on any atom is -0.463 e. The SMILES string of the molecule is C[C@@H](CO)NC(=O)C[C@H]1CC=CC[C@H](Cc2ccccc2)C(=O)OCC2(CCCC2)NC1=O. The van der Waals surface area contributed by atoms with E-state index >= 15 is 0 Å². The van der Waals surface area contributed by atoms with Crippen molar-refractivity contribution in [2.24, 2.45) is 11.8 Å². The smallest absolute Gasteiger partial charge is 0.309 e. The average Bonchev–Trinajstić information content (AvgIpc) is 3.27. The van der Waals surface area contributed by atoms with Crippen LogP contribution in [0.2, 0.25) is 0 Å². The first-order valence-electron chi connectivity index (χ1n) is 12.0. The summed E-state index contributed by atoms with van der Waals surface area (Å²) in [6, 6.07) is 9.53. The third kappa shape index (κ3) is 7.42. The zero-order valence-corrected chi connectivity index (χ0v) is 19.4. The Balaban J connectivity index is 1.77. The van der Waals surface area contributed by atoms with E-state index in [0.29, 0.717) is 19.3 Å². The van der Waals surface area contributed by atoms with Crippen molar-refractivity contribution in [2.45, 2.75) is 69.9 Å². The normalized spacial score (nSPS) is 24.3. The first-order valence-corrected chi connectivity index (χ1v) is 12.0. The van der Waals surface area contributed by atoms with Crippen LogP contribution in [-0.4, -0.2) is 47.7 Å². The summed E-state index contributed by atoms with van der Waals surface area (Å²) in [4.78, 5) is 38.5. The molecule has 7 nitrogen and oxygen atoms in total. The number of allylic oxidation sites excluding steroid dienone is 2. The van der Waals surface area contributed by atoms with Gasteiger partial charge in [0.1, 0.15) is 6.61 Å². The van der Waals surface area contributed by atoms with Crippen molar-refractivity contribution < 1.29 is 24.2 Å². The molecule has 0 saturated heterocycles. The molecule has 33 heavy (non-hydrogen) atoms. The van der Waals surface area contributed by atoms with E-state index in [4.69, 9.17) is 4.74 Å². The molecule has 2 aliphatic rings. The number of hydrogen-bond acceptors (Lipinski definition) is 5. The van der Waals surface area contributed by atoms with Gasteiger partial charge in [-0.2, -0.15) is 0 Å². The molecular weight excluding hydrogens is 420 g/mol. The molecule has 1 spiro atoms. The summed E-state index contributed by atoms with van der Waals surface area (Å²) in [5, 5.41) is 15.1. The van der Waals surface area contributed by atoms with Crippen molar-refractivity contribution in [1.29, 1.82) is 0 Å². The van der Waals surface area contributed by atoms with Crippen molar-refractivity contribution >= 4 is 17.8 Å². The Morgan fingerprint density at radius 2 is 1.82 bits per heavy atom. The molecule has 3 N–H and O–H groups in total. The van der Waals surface area contributed by atoms with E-state index in [9.17, 15) is 19.5 Å². The van der Waals surface area contributed by atoms with Crippen LogP contribution >= 0.6 is 0 Å². The van der Waals surface area contributed by atoms with Gasteiger partial charge in [-0.3, -0.25) is 14.4 Å². The van der Waals surface area contributed by atoms with Crippen molar-refractivity contribution in [2.75, 3.05) is 13.2 Å². The van der Waals surface area contributed by atoms with Crippen LogP contribution in [0.3, 0.4) is 0 Å². The summed E-state index contributed by atoms with van der Waals surface area (Å²) in [5.74, 6) is -1.51. The summed E-state index contributed by atoms with van der Waals surface area (Å²) in [7, 11) is 0. The van der Waals surface area contributed by atoms with Crippen molar-refractivity contribution in [3.8, 4) is 0 Å². The number of cyclic esters (lactones) is 1. The first kappa shape index (κ1) is 25.0. The topological polar surface area (TPSA) is 105 Å². The predicted molar refractivity (Wildman–Crippen MR) is 125 cm³/mol. The molecule has 3 rings (SSSR count). The molecular formula is C26H36N2O5. The van der Waals surface area contributed by atoms with Crippen molar-refractivity contribution in [3.63, 3.8) is 0 Å². The second kappa shape index (κ2) is 12.0. The van der Waals surface area contributed by atoms with Gasteiger partial charge >= 0.3 is 5.97 Å². The fourth-order valence-electron chi connectivity index (χ4n) is 4.62. The number of esters is 1. The maximum atomic E-state index is 13.2. The number of amides is 2. The highest BCUT2D eigenvalue weighted by Gasteiger charge is 2.39. The van der Waals surface area contributed by atoms with Gasteiger partial charge in [0, 0.05) is 12.5 Å². The zero-order valence-electron chi connectivity index (χ0n) is 19.4. The Bertz CT molecular complexity index is 832. The maximum absolute atomic E-state index is 13.2. The van der Waals surface area contributed by atoms with Crippen LogP contribution in [0.5, 0.6) is 0 Å². The average molecular weight is 457 g/mol. The van der Waals surface area contributed by atoms with Crippen LogP contribution in [0.15, 0.2) is 42.5 Å². The molecule has 0 bridgehead atoms. The van der Waals surface area contributed by atoms with Gasteiger partial charge in [0.05, 0.1) is 24.0 Å². The molecule has 1 fully saturated rings. The number of aliphatic hydroxyl groups is 1. The summed E-state index contributed by atoms with van der Waals surface area (Å²) >= 11 is 0. The zero-order chi connectivity index (χ0) is 23.7. The molecule has 0 unspecified atom stereocenters. The van der Waals surface area contributed by atoms with E-state index in [1.807, 2.05) is 42.5 Å². The number of ether oxygens (including phenoxy) is 1. The lowest BCUT2D eigenvalue weighted by atomic mass is 9.92. The van der Waals surface area contributed by atoms with Crippen LogP contribution in [0.25, 0.3) is 0 Å². The Hall–Kier alpha value is -2.67.